The lowest BCUT2D eigenvalue weighted by molar-refractivity contribution is -0.120. The van der Waals surface area contributed by atoms with Gasteiger partial charge in [0.25, 0.3) is 10.0 Å². The maximum absolute atomic E-state index is 12.6. The molecule has 28 heavy (non-hydrogen) atoms. The molecule has 152 valence electrons. The Bertz CT molecular complexity index is 949. The van der Waals surface area contributed by atoms with Crippen molar-refractivity contribution in [3.8, 4) is 11.5 Å². The fraction of sp³-hybridized carbons (Fsp3) is 0.444. The van der Waals surface area contributed by atoms with E-state index in [1.54, 1.807) is 36.9 Å². The summed E-state index contributed by atoms with van der Waals surface area (Å²) in [5, 5.41) is 2.90. The van der Waals surface area contributed by atoms with Gasteiger partial charge in [0.1, 0.15) is 0 Å². The monoisotopic (exact) mass is 408 g/mol. The molecule has 0 bridgehead atoms. The number of sulfonamides is 1. The highest BCUT2D eigenvalue weighted by molar-refractivity contribution is 7.89. The second-order valence-corrected chi connectivity index (χ2v) is 8.50. The number of piperidine rings is 1. The van der Waals surface area contributed by atoms with Crippen LogP contribution in [0.5, 0.6) is 11.5 Å². The summed E-state index contributed by atoms with van der Waals surface area (Å²) in [6.45, 7) is 0.561. The number of anilines is 1. The number of amides is 1. The molecule has 1 aromatic heterocycles. The van der Waals surface area contributed by atoms with Gasteiger partial charge in [0, 0.05) is 44.0 Å². The molecule has 1 aliphatic rings. The van der Waals surface area contributed by atoms with Crippen LogP contribution in [0, 0.1) is 5.92 Å². The number of nitrogens with zero attached hydrogens (tertiary/aromatic N) is 3. The van der Waals surface area contributed by atoms with E-state index in [9.17, 15) is 13.2 Å². The smallest absolute Gasteiger partial charge is 0.262 e. The minimum Gasteiger partial charge on any atom is -0.493 e. The number of methoxy groups -OCH3 is 2. The molecule has 1 aromatic carbocycles. The zero-order valence-electron chi connectivity index (χ0n) is 16.1. The Morgan fingerprint density at radius 2 is 1.86 bits per heavy atom. The number of hydrogen-bond acceptors (Lipinski definition) is 6. The molecule has 1 N–H and O–H groups in total. The highest BCUT2D eigenvalue weighted by atomic mass is 32.2. The standard InChI is InChI=1S/C18H24N4O5S/c1-21-11-17(19-12-21)28(24,25)22-8-6-13(7-9-22)18(23)20-14-4-5-15(26-2)16(10-14)27-3/h4-5,10-13H,6-9H2,1-3H3,(H,20,23). The Hall–Kier alpha value is -2.59. The van der Waals surface area contributed by atoms with Gasteiger partial charge < -0.3 is 19.4 Å². The van der Waals surface area contributed by atoms with E-state index in [1.807, 2.05) is 0 Å². The Kier molecular flexibility index (Phi) is 5.90. The van der Waals surface area contributed by atoms with Crippen molar-refractivity contribution in [2.75, 3.05) is 32.6 Å². The van der Waals surface area contributed by atoms with Crippen LogP contribution in [-0.2, 0) is 21.9 Å². The minimum absolute atomic E-state index is 0.0308. The SMILES string of the molecule is COc1ccc(NC(=O)C2CCN(S(=O)(=O)c3cn(C)cn3)CC2)cc1OC. The average Bonchev–Trinajstić information content (AvgIpc) is 3.15. The van der Waals surface area contributed by atoms with Crippen molar-refractivity contribution >= 4 is 21.6 Å². The molecule has 9 nitrogen and oxygen atoms in total. The van der Waals surface area contributed by atoms with Crippen LogP contribution in [0.15, 0.2) is 35.7 Å². The van der Waals surface area contributed by atoms with Gasteiger partial charge in [0.15, 0.2) is 16.5 Å². The Balaban J connectivity index is 1.61. The number of rotatable bonds is 6. The van der Waals surface area contributed by atoms with Crippen molar-refractivity contribution in [3.05, 3.63) is 30.7 Å². The van der Waals surface area contributed by atoms with E-state index in [0.29, 0.717) is 30.0 Å². The molecule has 0 saturated carbocycles. The molecule has 2 aromatic rings. The summed E-state index contributed by atoms with van der Waals surface area (Å²) >= 11 is 0. The van der Waals surface area contributed by atoms with Gasteiger partial charge in [-0.1, -0.05) is 0 Å². The van der Waals surface area contributed by atoms with Crippen LogP contribution < -0.4 is 14.8 Å². The van der Waals surface area contributed by atoms with E-state index in [1.165, 1.54) is 23.9 Å². The van der Waals surface area contributed by atoms with Crippen molar-refractivity contribution in [2.45, 2.75) is 17.9 Å². The van der Waals surface area contributed by atoms with E-state index < -0.39 is 10.0 Å². The number of hydrogen-bond donors (Lipinski definition) is 1. The molecule has 0 spiro atoms. The molecular formula is C18H24N4O5S. The summed E-state index contributed by atoms with van der Waals surface area (Å²) in [4.78, 5) is 16.5. The van der Waals surface area contributed by atoms with Crippen LogP contribution in [0.3, 0.4) is 0 Å². The van der Waals surface area contributed by atoms with Gasteiger partial charge in [-0.15, -0.1) is 0 Å². The largest absolute Gasteiger partial charge is 0.493 e. The predicted octanol–water partition coefficient (Wildman–Crippen LogP) is 1.48. The summed E-state index contributed by atoms with van der Waals surface area (Å²) in [5.41, 5.74) is 0.603. The first-order chi connectivity index (χ1) is 13.3. The van der Waals surface area contributed by atoms with Crippen LogP contribution >= 0.6 is 0 Å². The third-order valence-electron chi connectivity index (χ3n) is 4.76. The lowest BCUT2D eigenvalue weighted by Crippen LogP contribution is -2.41. The zero-order chi connectivity index (χ0) is 20.3. The molecular weight excluding hydrogens is 384 g/mol. The van der Waals surface area contributed by atoms with Crippen LogP contribution in [0.4, 0.5) is 5.69 Å². The zero-order valence-corrected chi connectivity index (χ0v) is 16.9. The highest BCUT2D eigenvalue weighted by Crippen LogP contribution is 2.30. The molecule has 10 heteroatoms. The first kappa shape index (κ1) is 20.2. The number of carbonyl (C=O) groups is 1. The normalized spacial score (nSPS) is 16.0. The van der Waals surface area contributed by atoms with Crippen LogP contribution in [0.25, 0.3) is 0 Å². The van der Waals surface area contributed by atoms with E-state index in [4.69, 9.17) is 9.47 Å². The summed E-state index contributed by atoms with van der Waals surface area (Å²) in [5.74, 6) is 0.704. The molecule has 0 atom stereocenters. The van der Waals surface area contributed by atoms with Gasteiger partial charge in [-0.2, -0.15) is 4.31 Å². The van der Waals surface area contributed by atoms with E-state index in [2.05, 4.69) is 10.3 Å². The molecule has 1 amide bonds. The van der Waals surface area contributed by atoms with Crippen LogP contribution in [-0.4, -0.2) is 55.5 Å². The van der Waals surface area contributed by atoms with E-state index in [0.717, 1.165) is 0 Å². The Morgan fingerprint density at radius 3 is 2.43 bits per heavy atom. The number of aryl methyl sites for hydroxylation is 1. The fourth-order valence-corrected chi connectivity index (χ4v) is 4.61. The second kappa shape index (κ2) is 8.19. The summed E-state index contributed by atoms with van der Waals surface area (Å²) < 4.78 is 38.7. The quantitative estimate of drug-likeness (QED) is 0.777. The topological polar surface area (TPSA) is 103 Å². The first-order valence-electron chi connectivity index (χ1n) is 8.86. The van der Waals surface area contributed by atoms with E-state index in [-0.39, 0.29) is 29.9 Å². The molecule has 3 rings (SSSR count). The highest BCUT2D eigenvalue weighted by Gasteiger charge is 2.33. The maximum atomic E-state index is 12.6. The maximum Gasteiger partial charge on any atom is 0.262 e. The van der Waals surface area contributed by atoms with Crippen molar-refractivity contribution in [1.82, 2.24) is 13.9 Å². The lowest BCUT2D eigenvalue weighted by atomic mass is 9.97. The number of benzene rings is 1. The lowest BCUT2D eigenvalue weighted by Gasteiger charge is -2.30. The number of carbonyl (C=O) groups excluding carboxylic acids is 1. The van der Waals surface area contributed by atoms with E-state index >= 15 is 0 Å². The van der Waals surface area contributed by atoms with Gasteiger partial charge in [-0.05, 0) is 25.0 Å². The fourth-order valence-electron chi connectivity index (χ4n) is 3.17. The minimum atomic E-state index is -3.63. The number of imidazole rings is 1. The number of ether oxygens (including phenoxy) is 2. The van der Waals surface area contributed by atoms with Gasteiger partial charge >= 0.3 is 0 Å². The average molecular weight is 408 g/mol. The summed E-state index contributed by atoms with van der Waals surface area (Å²) in [7, 11) is 1.17. The third-order valence-corrected chi connectivity index (χ3v) is 6.55. The van der Waals surface area contributed by atoms with Crippen LogP contribution in [0.1, 0.15) is 12.8 Å². The van der Waals surface area contributed by atoms with Gasteiger partial charge in [-0.25, -0.2) is 13.4 Å². The molecule has 1 fully saturated rings. The summed E-state index contributed by atoms with van der Waals surface area (Å²) in [6.07, 6.45) is 3.83. The van der Waals surface area contributed by atoms with Gasteiger partial charge in [0.05, 0.1) is 20.5 Å². The van der Waals surface area contributed by atoms with Crippen LogP contribution in [0.2, 0.25) is 0 Å². The number of nitrogens with one attached hydrogen (secondary N) is 1. The molecule has 0 radical (unpaired) electrons. The molecule has 0 unspecified atom stereocenters. The second-order valence-electron chi connectivity index (χ2n) is 6.61. The first-order valence-corrected chi connectivity index (χ1v) is 10.3. The molecule has 1 saturated heterocycles. The van der Waals surface area contributed by atoms with Crippen molar-refractivity contribution in [2.24, 2.45) is 13.0 Å². The van der Waals surface area contributed by atoms with Gasteiger partial charge in [0.2, 0.25) is 5.91 Å². The third kappa shape index (κ3) is 4.12. The van der Waals surface area contributed by atoms with Crippen molar-refractivity contribution in [3.63, 3.8) is 0 Å². The summed E-state index contributed by atoms with van der Waals surface area (Å²) in [6, 6.07) is 5.15. The molecule has 0 aliphatic carbocycles. The molecule has 1 aliphatic heterocycles. The van der Waals surface area contributed by atoms with Crippen molar-refractivity contribution in [1.29, 1.82) is 0 Å². The number of aromatic nitrogens is 2. The van der Waals surface area contributed by atoms with Crippen molar-refractivity contribution < 1.29 is 22.7 Å². The molecule has 2 heterocycles. The Morgan fingerprint density at radius 1 is 1.18 bits per heavy atom. The van der Waals surface area contributed by atoms with Gasteiger partial charge in [-0.3, -0.25) is 4.79 Å². The predicted molar refractivity (Wildman–Crippen MR) is 103 cm³/mol. The Labute approximate surface area is 164 Å².